The third-order valence-electron chi connectivity index (χ3n) is 4.55. The van der Waals surface area contributed by atoms with E-state index in [1.165, 1.54) is 28.1 Å². The Bertz CT molecular complexity index is 1030. The Morgan fingerprint density at radius 1 is 1.11 bits per heavy atom. The zero-order valence-electron chi connectivity index (χ0n) is 15.6. The van der Waals surface area contributed by atoms with Gasteiger partial charge in [-0.1, -0.05) is 73.3 Å². The van der Waals surface area contributed by atoms with E-state index < -0.39 is 0 Å². The molecule has 0 radical (unpaired) electrons. The monoisotopic (exact) mass is 376 g/mol. The van der Waals surface area contributed by atoms with E-state index in [-0.39, 0.29) is 5.56 Å². The first-order chi connectivity index (χ1) is 13.2. The summed E-state index contributed by atoms with van der Waals surface area (Å²) < 4.78 is 1.71. The standard InChI is InChI=1S/C23H24N2OS/c1-4-14-25-22(26)19(6-3)21(24-23(25)27-15-5-2)16-18-12-9-11-17-10-7-8-13-20(17)18/h4-5,7-13H,1-2,6,14-16H2,3H3. The van der Waals surface area contributed by atoms with Crippen LogP contribution in [0.4, 0.5) is 0 Å². The molecule has 1 heterocycles. The van der Waals surface area contributed by atoms with Crippen molar-refractivity contribution in [1.82, 2.24) is 9.55 Å². The molecule has 0 N–H and O–H groups in total. The molecule has 3 rings (SSSR count). The van der Waals surface area contributed by atoms with Crippen LogP contribution in [0.1, 0.15) is 23.7 Å². The van der Waals surface area contributed by atoms with E-state index in [1.54, 1.807) is 10.6 Å². The molecule has 0 aliphatic heterocycles. The van der Waals surface area contributed by atoms with Crippen molar-refractivity contribution in [3.05, 3.63) is 94.9 Å². The van der Waals surface area contributed by atoms with Gasteiger partial charge in [-0.05, 0) is 22.8 Å². The summed E-state index contributed by atoms with van der Waals surface area (Å²) in [7, 11) is 0. The zero-order valence-corrected chi connectivity index (χ0v) is 16.5. The average molecular weight is 377 g/mol. The Morgan fingerprint density at radius 3 is 2.63 bits per heavy atom. The number of fused-ring (bicyclic) bond motifs is 1. The van der Waals surface area contributed by atoms with Gasteiger partial charge < -0.3 is 0 Å². The van der Waals surface area contributed by atoms with Gasteiger partial charge in [-0.15, -0.1) is 13.2 Å². The fourth-order valence-corrected chi connectivity index (χ4v) is 4.03. The van der Waals surface area contributed by atoms with Crippen LogP contribution in [-0.2, 0) is 19.4 Å². The first-order valence-electron chi connectivity index (χ1n) is 9.13. The van der Waals surface area contributed by atoms with Gasteiger partial charge in [0.25, 0.3) is 5.56 Å². The molecule has 3 nitrogen and oxygen atoms in total. The number of thioether (sulfide) groups is 1. The van der Waals surface area contributed by atoms with Crippen molar-refractivity contribution < 1.29 is 0 Å². The fourth-order valence-electron chi connectivity index (χ4n) is 3.28. The second kappa shape index (κ2) is 8.87. The Morgan fingerprint density at radius 2 is 1.89 bits per heavy atom. The van der Waals surface area contributed by atoms with Crippen molar-refractivity contribution in [3.8, 4) is 0 Å². The molecule has 0 saturated heterocycles. The van der Waals surface area contributed by atoms with Gasteiger partial charge in [-0.2, -0.15) is 0 Å². The van der Waals surface area contributed by atoms with E-state index in [9.17, 15) is 4.79 Å². The molecule has 0 aliphatic rings. The maximum Gasteiger partial charge on any atom is 0.257 e. The van der Waals surface area contributed by atoms with Crippen LogP contribution < -0.4 is 5.56 Å². The van der Waals surface area contributed by atoms with Gasteiger partial charge in [-0.25, -0.2) is 4.98 Å². The molecule has 0 unspecified atom stereocenters. The summed E-state index contributed by atoms with van der Waals surface area (Å²) in [5.74, 6) is 0.711. The highest BCUT2D eigenvalue weighted by atomic mass is 32.2. The summed E-state index contributed by atoms with van der Waals surface area (Å²) in [5, 5.41) is 3.14. The van der Waals surface area contributed by atoms with Gasteiger partial charge in [0.2, 0.25) is 0 Å². The number of hydrogen-bond acceptors (Lipinski definition) is 3. The van der Waals surface area contributed by atoms with Gasteiger partial charge in [0.1, 0.15) is 0 Å². The molecule has 4 heteroatoms. The fraction of sp³-hybridized carbons (Fsp3) is 0.217. The molecule has 138 valence electrons. The molecule has 2 aromatic carbocycles. The lowest BCUT2D eigenvalue weighted by molar-refractivity contribution is 0.633. The largest absolute Gasteiger partial charge is 0.284 e. The Balaban J connectivity index is 2.13. The molecule has 0 atom stereocenters. The zero-order chi connectivity index (χ0) is 19.2. The van der Waals surface area contributed by atoms with Crippen LogP contribution in [-0.4, -0.2) is 15.3 Å². The molecule has 0 spiro atoms. The van der Waals surface area contributed by atoms with E-state index in [1.807, 2.05) is 25.1 Å². The number of rotatable bonds is 8. The van der Waals surface area contributed by atoms with Crippen LogP contribution in [0.3, 0.4) is 0 Å². The highest BCUT2D eigenvalue weighted by Crippen LogP contribution is 2.23. The predicted octanol–water partition coefficient (Wildman–Crippen LogP) is 5.01. The molecular formula is C23H24N2OS. The van der Waals surface area contributed by atoms with Crippen LogP contribution in [0.25, 0.3) is 10.8 Å². The highest BCUT2D eigenvalue weighted by Gasteiger charge is 2.16. The van der Waals surface area contributed by atoms with Gasteiger partial charge in [-0.3, -0.25) is 9.36 Å². The maximum atomic E-state index is 13.1. The van der Waals surface area contributed by atoms with Crippen LogP contribution >= 0.6 is 11.8 Å². The molecule has 0 fully saturated rings. The summed E-state index contributed by atoms with van der Waals surface area (Å²) in [6, 6.07) is 14.6. The second-order valence-corrected chi connectivity index (χ2v) is 7.28. The smallest absolute Gasteiger partial charge is 0.257 e. The van der Waals surface area contributed by atoms with E-state index in [0.717, 1.165) is 16.4 Å². The summed E-state index contributed by atoms with van der Waals surface area (Å²) >= 11 is 1.53. The van der Waals surface area contributed by atoms with Crippen molar-refractivity contribution in [2.24, 2.45) is 0 Å². The van der Waals surface area contributed by atoms with Crippen molar-refractivity contribution in [2.45, 2.75) is 31.5 Å². The number of allylic oxidation sites excluding steroid dienone is 1. The summed E-state index contributed by atoms with van der Waals surface area (Å²) in [5.41, 5.74) is 2.88. The summed E-state index contributed by atoms with van der Waals surface area (Å²) in [4.78, 5) is 18.0. The molecule has 0 saturated carbocycles. The maximum absolute atomic E-state index is 13.1. The number of aromatic nitrogens is 2. The molecular weight excluding hydrogens is 352 g/mol. The normalized spacial score (nSPS) is 10.9. The highest BCUT2D eigenvalue weighted by molar-refractivity contribution is 7.99. The Labute approximate surface area is 164 Å². The molecule has 0 amide bonds. The van der Waals surface area contributed by atoms with Crippen LogP contribution in [0, 0.1) is 0 Å². The van der Waals surface area contributed by atoms with E-state index in [2.05, 4.69) is 43.5 Å². The summed E-state index contributed by atoms with van der Waals surface area (Å²) in [6.07, 6.45) is 4.88. The molecule has 0 bridgehead atoms. The van der Waals surface area contributed by atoms with Crippen LogP contribution in [0.5, 0.6) is 0 Å². The number of benzene rings is 2. The summed E-state index contributed by atoms with van der Waals surface area (Å²) in [6.45, 7) is 10.0. The Kier molecular flexibility index (Phi) is 6.30. The lowest BCUT2D eigenvalue weighted by Gasteiger charge is -2.15. The van der Waals surface area contributed by atoms with Crippen molar-refractivity contribution in [3.63, 3.8) is 0 Å². The number of hydrogen-bond donors (Lipinski definition) is 0. The minimum absolute atomic E-state index is 0.0363. The second-order valence-electron chi connectivity index (χ2n) is 6.29. The minimum Gasteiger partial charge on any atom is -0.284 e. The van der Waals surface area contributed by atoms with E-state index in [4.69, 9.17) is 4.98 Å². The first-order valence-corrected chi connectivity index (χ1v) is 10.1. The van der Waals surface area contributed by atoms with Gasteiger partial charge in [0.15, 0.2) is 5.16 Å². The Hall–Kier alpha value is -2.59. The molecule has 27 heavy (non-hydrogen) atoms. The minimum atomic E-state index is 0.0363. The third kappa shape index (κ3) is 4.06. The van der Waals surface area contributed by atoms with E-state index in [0.29, 0.717) is 25.1 Å². The van der Waals surface area contributed by atoms with Crippen molar-refractivity contribution >= 4 is 22.5 Å². The molecule has 1 aromatic heterocycles. The molecule has 3 aromatic rings. The quantitative estimate of drug-likeness (QED) is 0.315. The van der Waals surface area contributed by atoms with Gasteiger partial charge >= 0.3 is 0 Å². The van der Waals surface area contributed by atoms with Crippen LogP contribution in [0.2, 0.25) is 0 Å². The lowest BCUT2D eigenvalue weighted by Crippen LogP contribution is -2.28. The van der Waals surface area contributed by atoms with Crippen LogP contribution in [0.15, 0.2) is 77.7 Å². The van der Waals surface area contributed by atoms with Crippen molar-refractivity contribution in [2.75, 3.05) is 5.75 Å². The van der Waals surface area contributed by atoms with Crippen molar-refractivity contribution in [1.29, 1.82) is 0 Å². The van der Waals surface area contributed by atoms with Gasteiger partial charge in [0.05, 0.1) is 5.69 Å². The average Bonchev–Trinajstić information content (AvgIpc) is 2.69. The SMILES string of the molecule is C=CCSc1nc(Cc2cccc3ccccc23)c(CC)c(=O)n1CC=C. The topological polar surface area (TPSA) is 34.9 Å². The third-order valence-corrected chi connectivity index (χ3v) is 5.52. The first kappa shape index (κ1) is 19.2. The van der Waals surface area contributed by atoms with E-state index >= 15 is 0 Å². The number of nitrogens with zero attached hydrogens (tertiary/aromatic N) is 2. The molecule has 0 aliphatic carbocycles. The lowest BCUT2D eigenvalue weighted by atomic mass is 9.98. The van der Waals surface area contributed by atoms with Gasteiger partial charge in [0, 0.05) is 24.3 Å². The predicted molar refractivity (Wildman–Crippen MR) is 116 cm³/mol.